The number of aromatic nitrogens is 2. The molecule has 0 spiro atoms. The maximum absolute atomic E-state index is 13.4. The Morgan fingerprint density at radius 3 is 3.10 bits per heavy atom. The summed E-state index contributed by atoms with van der Waals surface area (Å²) in [5.41, 5.74) is 0.627. The van der Waals surface area contributed by atoms with Crippen LogP contribution in [0, 0.1) is 5.82 Å². The molecule has 1 unspecified atom stereocenters. The lowest BCUT2D eigenvalue weighted by Gasteiger charge is -2.19. The molecule has 1 aliphatic heterocycles. The minimum atomic E-state index is -0.431. The first kappa shape index (κ1) is 13.0. The van der Waals surface area contributed by atoms with Gasteiger partial charge < -0.3 is 19.3 Å². The third-order valence-electron chi connectivity index (χ3n) is 3.05. The van der Waals surface area contributed by atoms with Gasteiger partial charge in [0.25, 0.3) is 5.89 Å². The molecule has 1 N–H and O–H groups in total. The number of rotatable bonds is 3. The molecule has 20 heavy (non-hydrogen) atoms. The van der Waals surface area contributed by atoms with E-state index in [1.807, 2.05) is 0 Å². The second-order valence-electron chi connectivity index (χ2n) is 4.37. The van der Waals surface area contributed by atoms with E-state index in [-0.39, 0.29) is 11.9 Å². The highest BCUT2D eigenvalue weighted by Crippen LogP contribution is 2.26. The Morgan fingerprint density at radius 1 is 1.45 bits per heavy atom. The molecule has 1 aliphatic rings. The molecule has 1 aromatic heterocycles. The van der Waals surface area contributed by atoms with Crippen molar-refractivity contribution in [3.05, 3.63) is 29.9 Å². The lowest BCUT2D eigenvalue weighted by atomic mass is 10.2. The van der Waals surface area contributed by atoms with Crippen LogP contribution in [0.1, 0.15) is 12.0 Å². The van der Waals surface area contributed by atoms with Crippen LogP contribution in [0.3, 0.4) is 0 Å². The number of methoxy groups -OCH3 is 1. The molecule has 2 aromatic rings. The van der Waals surface area contributed by atoms with Gasteiger partial charge in [-0.05, 0) is 18.2 Å². The summed E-state index contributed by atoms with van der Waals surface area (Å²) >= 11 is 0. The number of nitrogens with zero attached hydrogens (tertiary/aromatic N) is 2. The Kier molecular flexibility index (Phi) is 3.62. The summed E-state index contributed by atoms with van der Waals surface area (Å²) < 4.78 is 29.0. The normalized spacial score (nSPS) is 19.0. The smallest absolute Gasteiger partial charge is 0.257 e. The average molecular weight is 279 g/mol. The van der Waals surface area contributed by atoms with Crippen molar-refractivity contribution in [3.63, 3.8) is 0 Å². The SMILES string of the molecule is COc1cc(-c2noc(C3CNCCO3)n2)ccc1F. The van der Waals surface area contributed by atoms with Gasteiger partial charge >= 0.3 is 0 Å². The van der Waals surface area contributed by atoms with E-state index >= 15 is 0 Å². The van der Waals surface area contributed by atoms with Crippen LogP contribution in [0.5, 0.6) is 5.75 Å². The fourth-order valence-corrected chi connectivity index (χ4v) is 2.01. The topological polar surface area (TPSA) is 69.4 Å². The fourth-order valence-electron chi connectivity index (χ4n) is 2.01. The molecule has 2 heterocycles. The predicted octanol–water partition coefficient (Wildman–Crippen LogP) is 1.55. The summed E-state index contributed by atoms with van der Waals surface area (Å²) in [6, 6.07) is 4.42. The zero-order valence-electron chi connectivity index (χ0n) is 10.9. The minimum Gasteiger partial charge on any atom is -0.494 e. The molecule has 1 fully saturated rings. The summed E-state index contributed by atoms with van der Waals surface area (Å²) in [5, 5.41) is 7.08. The Bertz CT molecular complexity index is 596. The molecule has 0 aliphatic carbocycles. The number of benzene rings is 1. The number of hydrogen-bond acceptors (Lipinski definition) is 6. The second-order valence-corrected chi connectivity index (χ2v) is 4.37. The molecule has 1 aromatic carbocycles. The summed E-state index contributed by atoms with van der Waals surface area (Å²) in [4.78, 5) is 4.29. The van der Waals surface area contributed by atoms with Crippen molar-refractivity contribution in [2.45, 2.75) is 6.10 Å². The van der Waals surface area contributed by atoms with Crippen LogP contribution >= 0.6 is 0 Å². The first-order valence-corrected chi connectivity index (χ1v) is 6.28. The van der Waals surface area contributed by atoms with Gasteiger partial charge in [-0.15, -0.1) is 0 Å². The number of morpholine rings is 1. The number of halogens is 1. The van der Waals surface area contributed by atoms with Crippen LogP contribution < -0.4 is 10.1 Å². The maximum atomic E-state index is 13.4. The van der Waals surface area contributed by atoms with Crippen LogP contribution in [-0.2, 0) is 4.74 Å². The average Bonchev–Trinajstić information content (AvgIpc) is 2.98. The number of ether oxygens (including phenoxy) is 2. The summed E-state index contributed by atoms with van der Waals surface area (Å²) in [6.45, 7) is 2.05. The second kappa shape index (κ2) is 5.56. The Hall–Kier alpha value is -1.99. The van der Waals surface area contributed by atoms with Crippen molar-refractivity contribution in [3.8, 4) is 17.1 Å². The maximum Gasteiger partial charge on any atom is 0.257 e. The van der Waals surface area contributed by atoms with Crippen LogP contribution in [0.4, 0.5) is 4.39 Å². The largest absolute Gasteiger partial charge is 0.494 e. The van der Waals surface area contributed by atoms with E-state index in [0.717, 1.165) is 6.54 Å². The molecular formula is C13H14FN3O3. The molecule has 106 valence electrons. The van der Waals surface area contributed by atoms with Gasteiger partial charge in [0.15, 0.2) is 11.6 Å². The van der Waals surface area contributed by atoms with Crippen LogP contribution in [0.15, 0.2) is 22.7 Å². The van der Waals surface area contributed by atoms with Crippen molar-refractivity contribution in [1.82, 2.24) is 15.5 Å². The highest BCUT2D eigenvalue weighted by atomic mass is 19.1. The van der Waals surface area contributed by atoms with Crippen LogP contribution in [0.25, 0.3) is 11.4 Å². The first-order chi connectivity index (χ1) is 9.78. The molecular weight excluding hydrogens is 265 g/mol. The van der Waals surface area contributed by atoms with Gasteiger partial charge in [0.1, 0.15) is 6.10 Å². The fraction of sp³-hybridized carbons (Fsp3) is 0.385. The number of nitrogens with one attached hydrogen (secondary N) is 1. The van der Waals surface area contributed by atoms with Gasteiger partial charge in [0.2, 0.25) is 5.82 Å². The molecule has 7 heteroatoms. The van der Waals surface area contributed by atoms with Gasteiger partial charge in [0.05, 0.1) is 13.7 Å². The molecule has 1 saturated heterocycles. The van der Waals surface area contributed by atoms with Crippen molar-refractivity contribution in [1.29, 1.82) is 0 Å². The van der Waals surface area contributed by atoms with Crippen LogP contribution in [0.2, 0.25) is 0 Å². The molecule has 0 bridgehead atoms. The molecule has 0 amide bonds. The van der Waals surface area contributed by atoms with E-state index in [1.165, 1.54) is 19.2 Å². The highest BCUT2D eigenvalue weighted by Gasteiger charge is 2.22. The van der Waals surface area contributed by atoms with Gasteiger partial charge in [0, 0.05) is 18.7 Å². The lowest BCUT2D eigenvalue weighted by molar-refractivity contribution is 0.00755. The number of hydrogen-bond donors (Lipinski definition) is 1. The standard InChI is InChI=1S/C13H14FN3O3/c1-18-10-6-8(2-3-9(10)14)12-16-13(20-17-12)11-7-15-4-5-19-11/h2-3,6,11,15H,4-5,7H2,1H3. The molecule has 0 saturated carbocycles. The van der Waals surface area contributed by atoms with E-state index in [9.17, 15) is 4.39 Å². The summed E-state index contributed by atoms with van der Waals surface area (Å²) in [6.07, 6.45) is -0.243. The zero-order chi connectivity index (χ0) is 13.9. The summed E-state index contributed by atoms with van der Waals surface area (Å²) in [7, 11) is 1.41. The van der Waals surface area contributed by atoms with E-state index in [1.54, 1.807) is 6.07 Å². The van der Waals surface area contributed by atoms with Crippen molar-refractivity contribution in [2.24, 2.45) is 0 Å². The van der Waals surface area contributed by atoms with Crippen LogP contribution in [-0.4, -0.2) is 36.9 Å². The van der Waals surface area contributed by atoms with E-state index in [2.05, 4.69) is 15.5 Å². The third-order valence-corrected chi connectivity index (χ3v) is 3.05. The van der Waals surface area contributed by atoms with E-state index in [4.69, 9.17) is 14.0 Å². The minimum absolute atomic E-state index is 0.143. The molecule has 0 radical (unpaired) electrons. The van der Waals surface area contributed by atoms with Gasteiger partial charge in [-0.2, -0.15) is 4.98 Å². The molecule has 6 nitrogen and oxygen atoms in total. The van der Waals surface area contributed by atoms with Crippen molar-refractivity contribution in [2.75, 3.05) is 26.8 Å². The van der Waals surface area contributed by atoms with Crippen molar-refractivity contribution >= 4 is 0 Å². The van der Waals surface area contributed by atoms with E-state index < -0.39 is 5.82 Å². The molecule has 3 rings (SSSR count). The third kappa shape index (κ3) is 2.50. The predicted molar refractivity (Wildman–Crippen MR) is 67.8 cm³/mol. The first-order valence-electron chi connectivity index (χ1n) is 6.28. The Balaban J connectivity index is 1.85. The van der Waals surface area contributed by atoms with Gasteiger partial charge in [-0.1, -0.05) is 5.16 Å². The van der Waals surface area contributed by atoms with E-state index in [0.29, 0.717) is 30.4 Å². The zero-order valence-corrected chi connectivity index (χ0v) is 10.9. The quantitative estimate of drug-likeness (QED) is 0.919. The van der Waals surface area contributed by atoms with Gasteiger partial charge in [-0.3, -0.25) is 0 Å². The van der Waals surface area contributed by atoms with Crippen molar-refractivity contribution < 1.29 is 18.4 Å². The monoisotopic (exact) mass is 279 g/mol. The summed E-state index contributed by atoms with van der Waals surface area (Å²) in [5.74, 6) is 0.507. The highest BCUT2D eigenvalue weighted by molar-refractivity contribution is 5.57. The lowest BCUT2D eigenvalue weighted by Crippen LogP contribution is -2.33. The molecule has 1 atom stereocenters. The van der Waals surface area contributed by atoms with Gasteiger partial charge in [-0.25, -0.2) is 4.39 Å². The Morgan fingerprint density at radius 2 is 2.35 bits per heavy atom. The Labute approximate surface area is 114 Å².